The lowest BCUT2D eigenvalue weighted by Crippen LogP contribution is -2.23. The minimum absolute atomic E-state index is 0.205. The fourth-order valence-electron chi connectivity index (χ4n) is 1.69. The van der Waals surface area contributed by atoms with Crippen LogP contribution in [0.25, 0.3) is 0 Å². The van der Waals surface area contributed by atoms with Gasteiger partial charge in [-0.15, -0.1) is 0 Å². The maximum atomic E-state index is 10.5. The Kier molecular flexibility index (Phi) is 3.95. The van der Waals surface area contributed by atoms with Crippen molar-refractivity contribution < 1.29 is 5.11 Å². The van der Waals surface area contributed by atoms with Crippen molar-refractivity contribution in [3.8, 4) is 6.07 Å². The third kappa shape index (κ3) is 4.20. The van der Waals surface area contributed by atoms with Crippen molar-refractivity contribution in [1.82, 2.24) is 0 Å². The highest BCUT2D eigenvalue weighted by atomic mass is 16.3. The summed E-state index contributed by atoms with van der Waals surface area (Å²) in [7, 11) is 0. The van der Waals surface area contributed by atoms with Crippen LogP contribution in [0.4, 0.5) is 0 Å². The highest BCUT2D eigenvalue weighted by Gasteiger charge is 2.25. The lowest BCUT2D eigenvalue weighted by molar-refractivity contribution is 0.0358. The average Bonchev–Trinajstić information content (AvgIpc) is 2.26. The average molecular weight is 231 g/mol. The van der Waals surface area contributed by atoms with Crippen LogP contribution in [-0.4, -0.2) is 5.11 Å². The molecule has 0 spiro atoms. The van der Waals surface area contributed by atoms with Crippen LogP contribution in [0.2, 0.25) is 0 Å². The first kappa shape index (κ1) is 13.7. The van der Waals surface area contributed by atoms with E-state index in [0.717, 1.165) is 12.0 Å². The zero-order valence-electron chi connectivity index (χ0n) is 11.1. The van der Waals surface area contributed by atoms with Crippen LogP contribution in [0.3, 0.4) is 0 Å². The summed E-state index contributed by atoms with van der Waals surface area (Å²) >= 11 is 0. The van der Waals surface area contributed by atoms with Crippen LogP contribution < -0.4 is 0 Å². The van der Waals surface area contributed by atoms with Crippen molar-refractivity contribution in [2.75, 3.05) is 0 Å². The van der Waals surface area contributed by atoms with Gasteiger partial charge >= 0.3 is 0 Å². The lowest BCUT2D eigenvalue weighted by atomic mass is 9.82. The first-order valence-electron chi connectivity index (χ1n) is 5.98. The molecule has 1 N–H and O–H groups in total. The largest absolute Gasteiger partial charge is 0.385 e. The number of rotatable bonds is 3. The third-order valence-corrected chi connectivity index (χ3v) is 2.98. The van der Waals surface area contributed by atoms with Crippen LogP contribution in [-0.2, 0) is 5.60 Å². The summed E-state index contributed by atoms with van der Waals surface area (Å²) < 4.78 is 0. The Balaban J connectivity index is 2.85. The third-order valence-electron chi connectivity index (χ3n) is 2.98. The van der Waals surface area contributed by atoms with Crippen molar-refractivity contribution in [2.45, 2.75) is 46.1 Å². The molecule has 2 nitrogen and oxygen atoms in total. The van der Waals surface area contributed by atoms with Gasteiger partial charge in [-0.3, -0.25) is 0 Å². The lowest BCUT2D eigenvalue weighted by Gasteiger charge is -2.28. The van der Waals surface area contributed by atoms with E-state index in [4.69, 9.17) is 5.26 Å². The molecule has 2 heteroatoms. The summed E-state index contributed by atoms with van der Waals surface area (Å²) in [5.74, 6) is 0. The Morgan fingerprint density at radius 1 is 1.18 bits per heavy atom. The summed E-state index contributed by atoms with van der Waals surface area (Å²) in [6.45, 7) is 8.30. The van der Waals surface area contributed by atoms with Crippen LogP contribution in [0.5, 0.6) is 0 Å². The van der Waals surface area contributed by atoms with E-state index in [1.54, 1.807) is 12.1 Å². The van der Waals surface area contributed by atoms with E-state index in [9.17, 15) is 5.11 Å². The van der Waals surface area contributed by atoms with Crippen LogP contribution >= 0.6 is 0 Å². The summed E-state index contributed by atoms with van der Waals surface area (Å²) in [6, 6.07) is 9.32. The second-order valence-corrected chi connectivity index (χ2v) is 6.03. The first-order valence-corrected chi connectivity index (χ1v) is 5.98. The van der Waals surface area contributed by atoms with Gasteiger partial charge in [0.1, 0.15) is 0 Å². The second-order valence-electron chi connectivity index (χ2n) is 6.03. The smallest absolute Gasteiger partial charge is 0.0991 e. The summed E-state index contributed by atoms with van der Waals surface area (Å²) in [5, 5.41) is 19.3. The van der Waals surface area contributed by atoms with Gasteiger partial charge in [0, 0.05) is 0 Å². The molecule has 1 unspecified atom stereocenters. The minimum atomic E-state index is -0.861. The number of nitriles is 1. The summed E-state index contributed by atoms with van der Waals surface area (Å²) in [4.78, 5) is 0. The molecule has 0 amide bonds. The van der Waals surface area contributed by atoms with Gasteiger partial charge in [-0.05, 0) is 42.9 Å². The Labute approximate surface area is 104 Å². The Morgan fingerprint density at radius 3 is 2.35 bits per heavy atom. The van der Waals surface area contributed by atoms with Crippen molar-refractivity contribution in [3.05, 3.63) is 35.4 Å². The van der Waals surface area contributed by atoms with Gasteiger partial charge in [0.05, 0.1) is 17.2 Å². The van der Waals surface area contributed by atoms with Gasteiger partial charge in [0.2, 0.25) is 0 Å². The molecule has 0 radical (unpaired) electrons. The minimum Gasteiger partial charge on any atom is -0.385 e. The second kappa shape index (κ2) is 4.89. The van der Waals surface area contributed by atoms with E-state index in [0.29, 0.717) is 12.0 Å². The van der Waals surface area contributed by atoms with Crippen molar-refractivity contribution >= 4 is 0 Å². The standard InChI is InChI=1S/C15H21NO/c1-14(2,3)8-9-15(4,17)13-7-5-6-12(10-13)11-16/h5-7,10,17H,8-9H2,1-4H3. The van der Waals surface area contributed by atoms with E-state index in [1.807, 2.05) is 19.1 Å². The van der Waals surface area contributed by atoms with Crippen molar-refractivity contribution in [2.24, 2.45) is 5.41 Å². The van der Waals surface area contributed by atoms with E-state index in [2.05, 4.69) is 26.8 Å². The Bertz CT molecular complexity index is 421. The van der Waals surface area contributed by atoms with Crippen molar-refractivity contribution in [3.63, 3.8) is 0 Å². The monoisotopic (exact) mass is 231 g/mol. The fourth-order valence-corrected chi connectivity index (χ4v) is 1.69. The van der Waals surface area contributed by atoms with Gasteiger partial charge in [-0.2, -0.15) is 5.26 Å². The van der Waals surface area contributed by atoms with Gasteiger partial charge in [0.15, 0.2) is 0 Å². The molecule has 0 saturated heterocycles. The van der Waals surface area contributed by atoms with Gasteiger partial charge in [-0.25, -0.2) is 0 Å². The SMILES string of the molecule is CC(C)(C)CCC(C)(O)c1cccc(C#N)c1. The van der Waals surface area contributed by atoms with Crippen LogP contribution in [0.15, 0.2) is 24.3 Å². The molecule has 1 rings (SSSR count). The predicted octanol–water partition coefficient (Wildman–Crippen LogP) is 3.59. The van der Waals surface area contributed by atoms with Gasteiger partial charge < -0.3 is 5.11 Å². The molecule has 1 atom stereocenters. The molecule has 0 bridgehead atoms. The Hall–Kier alpha value is -1.33. The summed E-state index contributed by atoms with van der Waals surface area (Å²) in [6.07, 6.45) is 1.64. The maximum absolute atomic E-state index is 10.5. The zero-order chi connectivity index (χ0) is 13.1. The van der Waals surface area contributed by atoms with Crippen LogP contribution in [0, 0.1) is 16.7 Å². The van der Waals surface area contributed by atoms with E-state index in [-0.39, 0.29) is 5.41 Å². The van der Waals surface area contributed by atoms with E-state index < -0.39 is 5.60 Å². The zero-order valence-corrected chi connectivity index (χ0v) is 11.1. The molecular weight excluding hydrogens is 210 g/mol. The molecule has 0 aliphatic rings. The number of nitrogens with zero attached hydrogens (tertiary/aromatic N) is 1. The highest BCUT2D eigenvalue weighted by molar-refractivity contribution is 5.35. The molecule has 0 aliphatic heterocycles. The molecule has 1 aromatic carbocycles. The molecular formula is C15H21NO. The summed E-state index contributed by atoms with van der Waals surface area (Å²) in [5.41, 5.74) is 0.760. The topological polar surface area (TPSA) is 44.0 Å². The molecule has 0 aromatic heterocycles. The number of hydrogen-bond acceptors (Lipinski definition) is 2. The fraction of sp³-hybridized carbons (Fsp3) is 0.533. The Morgan fingerprint density at radius 2 is 1.82 bits per heavy atom. The van der Waals surface area contributed by atoms with Crippen LogP contribution in [0.1, 0.15) is 51.7 Å². The molecule has 0 aliphatic carbocycles. The molecule has 0 heterocycles. The molecule has 17 heavy (non-hydrogen) atoms. The predicted molar refractivity (Wildman–Crippen MR) is 69.4 cm³/mol. The first-order chi connectivity index (χ1) is 7.74. The van der Waals surface area contributed by atoms with Gasteiger partial charge in [0.25, 0.3) is 0 Å². The molecule has 1 aromatic rings. The number of benzene rings is 1. The molecule has 0 fully saturated rings. The van der Waals surface area contributed by atoms with E-state index >= 15 is 0 Å². The number of aliphatic hydroxyl groups is 1. The highest BCUT2D eigenvalue weighted by Crippen LogP contribution is 2.32. The maximum Gasteiger partial charge on any atom is 0.0991 e. The van der Waals surface area contributed by atoms with Gasteiger partial charge in [-0.1, -0.05) is 32.9 Å². The molecule has 0 saturated carbocycles. The normalized spacial score (nSPS) is 15.1. The quantitative estimate of drug-likeness (QED) is 0.864. The van der Waals surface area contributed by atoms with Crippen molar-refractivity contribution in [1.29, 1.82) is 5.26 Å². The molecule has 92 valence electrons. The van der Waals surface area contributed by atoms with E-state index in [1.165, 1.54) is 0 Å². The number of hydrogen-bond donors (Lipinski definition) is 1.